The fraction of sp³-hybridized carbons (Fsp3) is 0.800. The minimum atomic E-state index is 0.0836. The molecular weight excluding hydrogens is 150 g/mol. The van der Waals surface area contributed by atoms with E-state index in [1.165, 1.54) is 6.42 Å². The first-order valence-corrected chi connectivity index (χ1v) is 4.75. The van der Waals surface area contributed by atoms with Crippen LogP contribution in [0.2, 0.25) is 0 Å². The molecule has 2 heteroatoms. The zero-order valence-corrected chi connectivity index (χ0v) is 7.92. The fourth-order valence-electron chi connectivity index (χ4n) is 1.56. The van der Waals surface area contributed by atoms with Crippen LogP contribution in [0.15, 0.2) is 4.99 Å². The highest BCUT2D eigenvalue weighted by Gasteiger charge is 2.29. The van der Waals surface area contributed by atoms with Gasteiger partial charge < -0.3 is 4.99 Å². The molecule has 0 aromatic rings. The summed E-state index contributed by atoms with van der Waals surface area (Å²) in [6.45, 7) is 2.04. The lowest BCUT2D eigenvalue weighted by atomic mass is 9.77. The number of carbonyl (C=O) groups is 1. The zero-order valence-electron chi connectivity index (χ0n) is 7.92. The number of aliphatic imine (C=N–C) groups is 1. The van der Waals surface area contributed by atoms with E-state index in [1.54, 1.807) is 13.3 Å². The Bertz CT molecular complexity index is 182. The van der Waals surface area contributed by atoms with Crippen LogP contribution in [0.1, 0.15) is 32.6 Å². The Morgan fingerprint density at radius 2 is 2.33 bits per heavy atom. The summed E-state index contributed by atoms with van der Waals surface area (Å²) in [4.78, 5) is 15.6. The van der Waals surface area contributed by atoms with Gasteiger partial charge in [-0.25, -0.2) is 0 Å². The molecule has 1 unspecified atom stereocenters. The molecule has 0 aromatic carbocycles. The second kappa shape index (κ2) is 4.39. The van der Waals surface area contributed by atoms with Crippen molar-refractivity contribution in [2.45, 2.75) is 32.6 Å². The lowest BCUT2D eigenvalue weighted by molar-refractivity contribution is -0.127. The molecule has 12 heavy (non-hydrogen) atoms. The van der Waals surface area contributed by atoms with Crippen molar-refractivity contribution >= 4 is 12.0 Å². The van der Waals surface area contributed by atoms with E-state index in [0.29, 0.717) is 11.7 Å². The van der Waals surface area contributed by atoms with Crippen molar-refractivity contribution in [1.82, 2.24) is 0 Å². The Hall–Kier alpha value is -0.660. The van der Waals surface area contributed by atoms with Crippen LogP contribution in [0, 0.1) is 11.8 Å². The third kappa shape index (κ3) is 1.93. The Kier molecular flexibility index (Phi) is 3.45. The van der Waals surface area contributed by atoms with Crippen LogP contribution in [-0.2, 0) is 4.79 Å². The zero-order chi connectivity index (χ0) is 8.97. The molecule has 1 saturated carbocycles. The van der Waals surface area contributed by atoms with Gasteiger partial charge in [-0.1, -0.05) is 13.3 Å². The summed E-state index contributed by atoms with van der Waals surface area (Å²) in [6.07, 6.45) is 6.13. The molecular formula is C10H17NO. The van der Waals surface area contributed by atoms with E-state index in [0.717, 1.165) is 19.3 Å². The quantitative estimate of drug-likeness (QED) is 0.589. The van der Waals surface area contributed by atoms with E-state index in [9.17, 15) is 4.79 Å². The minimum Gasteiger partial charge on any atom is -0.300 e. The first kappa shape index (κ1) is 9.43. The van der Waals surface area contributed by atoms with E-state index in [4.69, 9.17) is 0 Å². The fourth-order valence-corrected chi connectivity index (χ4v) is 1.56. The molecule has 1 fully saturated rings. The highest BCUT2D eigenvalue weighted by atomic mass is 16.1. The number of rotatable bonds is 4. The Balaban J connectivity index is 2.46. The van der Waals surface area contributed by atoms with E-state index < -0.39 is 0 Å². The van der Waals surface area contributed by atoms with Gasteiger partial charge in [-0.05, 0) is 19.3 Å². The van der Waals surface area contributed by atoms with Crippen molar-refractivity contribution in [3.8, 4) is 0 Å². The van der Waals surface area contributed by atoms with Gasteiger partial charge in [-0.3, -0.25) is 4.79 Å². The van der Waals surface area contributed by atoms with Gasteiger partial charge in [0.15, 0.2) is 0 Å². The molecule has 0 aliphatic heterocycles. The molecule has 0 bridgehead atoms. The molecule has 1 atom stereocenters. The van der Waals surface area contributed by atoms with Crippen LogP contribution in [0.25, 0.3) is 0 Å². The van der Waals surface area contributed by atoms with Crippen molar-refractivity contribution in [2.24, 2.45) is 16.8 Å². The van der Waals surface area contributed by atoms with Gasteiger partial charge in [0.05, 0.1) is 5.92 Å². The van der Waals surface area contributed by atoms with Crippen LogP contribution in [0.3, 0.4) is 0 Å². The average Bonchev–Trinajstić information content (AvgIpc) is 1.96. The standard InChI is InChI=1S/C10H17NO/c1-3-8(7-11-2)10(12)9-5-4-6-9/h7-9H,3-6H2,1-2H3. The van der Waals surface area contributed by atoms with Gasteiger partial charge in [-0.15, -0.1) is 0 Å². The van der Waals surface area contributed by atoms with Gasteiger partial charge in [-0.2, -0.15) is 0 Å². The van der Waals surface area contributed by atoms with Gasteiger partial charge in [0.2, 0.25) is 0 Å². The Morgan fingerprint density at radius 1 is 1.67 bits per heavy atom. The Morgan fingerprint density at radius 3 is 2.67 bits per heavy atom. The van der Waals surface area contributed by atoms with Crippen molar-refractivity contribution < 1.29 is 4.79 Å². The van der Waals surface area contributed by atoms with Gasteiger partial charge in [0, 0.05) is 19.2 Å². The largest absolute Gasteiger partial charge is 0.300 e. The molecule has 1 aliphatic carbocycles. The van der Waals surface area contributed by atoms with Crippen molar-refractivity contribution in [3.63, 3.8) is 0 Å². The molecule has 0 aromatic heterocycles. The van der Waals surface area contributed by atoms with Gasteiger partial charge >= 0.3 is 0 Å². The molecule has 0 spiro atoms. The highest BCUT2D eigenvalue weighted by molar-refractivity contribution is 5.96. The van der Waals surface area contributed by atoms with Crippen molar-refractivity contribution in [2.75, 3.05) is 7.05 Å². The Labute approximate surface area is 74.1 Å². The normalized spacial score (nSPS) is 20.8. The maximum Gasteiger partial charge on any atom is 0.144 e. The average molecular weight is 167 g/mol. The molecule has 0 saturated heterocycles. The number of hydrogen-bond acceptors (Lipinski definition) is 2. The molecule has 0 N–H and O–H groups in total. The summed E-state index contributed by atoms with van der Waals surface area (Å²) in [5, 5.41) is 0. The molecule has 0 heterocycles. The summed E-state index contributed by atoms with van der Waals surface area (Å²) >= 11 is 0. The number of ketones is 1. The van der Waals surface area contributed by atoms with E-state index >= 15 is 0 Å². The third-order valence-electron chi connectivity index (χ3n) is 2.64. The summed E-state index contributed by atoms with van der Waals surface area (Å²) in [6, 6.07) is 0. The van der Waals surface area contributed by atoms with Crippen LogP contribution in [0.5, 0.6) is 0 Å². The van der Waals surface area contributed by atoms with Crippen LogP contribution in [-0.4, -0.2) is 19.0 Å². The molecule has 0 radical (unpaired) electrons. The maximum absolute atomic E-state index is 11.7. The number of hydrogen-bond donors (Lipinski definition) is 0. The highest BCUT2D eigenvalue weighted by Crippen LogP contribution is 2.29. The lowest BCUT2D eigenvalue weighted by Gasteiger charge is -2.26. The predicted molar refractivity (Wildman–Crippen MR) is 50.5 cm³/mol. The predicted octanol–water partition coefficient (Wildman–Crippen LogP) is 2.08. The molecule has 1 rings (SSSR count). The van der Waals surface area contributed by atoms with Gasteiger partial charge in [0.25, 0.3) is 0 Å². The molecule has 68 valence electrons. The van der Waals surface area contributed by atoms with Crippen molar-refractivity contribution in [1.29, 1.82) is 0 Å². The first-order chi connectivity index (χ1) is 5.79. The summed E-state index contributed by atoms with van der Waals surface area (Å²) < 4.78 is 0. The summed E-state index contributed by atoms with van der Waals surface area (Å²) in [5.41, 5.74) is 0. The number of Topliss-reactive ketones (excluding diaryl/α,β-unsaturated/α-hetero) is 1. The number of carbonyl (C=O) groups excluding carboxylic acids is 1. The van der Waals surface area contributed by atoms with Crippen LogP contribution < -0.4 is 0 Å². The van der Waals surface area contributed by atoms with E-state index in [1.807, 2.05) is 6.92 Å². The monoisotopic (exact) mass is 167 g/mol. The van der Waals surface area contributed by atoms with Crippen LogP contribution in [0.4, 0.5) is 0 Å². The maximum atomic E-state index is 11.7. The summed E-state index contributed by atoms with van der Waals surface area (Å²) in [7, 11) is 1.73. The molecule has 2 nitrogen and oxygen atoms in total. The van der Waals surface area contributed by atoms with Gasteiger partial charge in [0.1, 0.15) is 5.78 Å². The third-order valence-corrected chi connectivity index (χ3v) is 2.64. The lowest BCUT2D eigenvalue weighted by Crippen LogP contribution is -2.29. The second-order valence-electron chi connectivity index (χ2n) is 3.45. The smallest absolute Gasteiger partial charge is 0.144 e. The SMILES string of the molecule is CCC(C=NC)C(=O)C1CCC1. The van der Waals surface area contributed by atoms with E-state index in [-0.39, 0.29) is 5.92 Å². The first-order valence-electron chi connectivity index (χ1n) is 4.75. The number of nitrogens with zero attached hydrogens (tertiary/aromatic N) is 1. The van der Waals surface area contributed by atoms with Crippen molar-refractivity contribution in [3.05, 3.63) is 0 Å². The van der Waals surface area contributed by atoms with E-state index in [2.05, 4.69) is 4.99 Å². The summed E-state index contributed by atoms with van der Waals surface area (Å²) in [5.74, 6) is 0.850. The van der Waals surface area contributed by atoms with Crippen LogP contribution >= 0.6 is 0 Å². The molecule has 0 amide bonds. The molecule has 1 aliphatic rings. The topological polar surface area (TPSA) is 29.4 Å². The second-order valence-corrected chi connectivity index (χ2v) is 3.45. The minimum absolute atomic E-state index is 0.0836.